The van der Waals surface area contributed by atoms with Crippen LogP contribution >= 0.6 is 11.6 Å². The van der Waals surface area contributed by atoms with E-state index in [1.54, 1.807) is 38.1 Å². The second-order valence-corrected chi connectivity index (χ2v) is 8.17. The van der Waals surface area contributed by atoms with Crippen LogP contribution in [-0.2, 0) is 11.3 Å². The average molecular weight is 503 g/mol. The highest BCUT2D eigenvalue weighted by Crippen LogP contribution is 2.42. The van der Waals surface area contributed by atoms with Crippen LogP contribution < -0.4 is 19.9 Å². The summed E-state index contributed by atoms with van der Waals surface area (Å²) >= 11 is 6.12. The van der Waals surface area contributed by atoms with Gasteiger partial charge in [-0.1, -0.05) is 28.9 Å². The molecule has 2 aromatic heterocycles. The first kappa shape index (κ1) is 22.8. The molecule has 0 fully saturated rings. The van der Waals surface area contributed by atoms with Crippen molar-refractivity contribution in [3.8, 4) is 22.8 Å². The first-order valence-corrected chi connectivity index (χ1v) is 10.9. The maximum absolute atomic E-state index is 13.4. The van der Waals surface area contributed by atoms with Crippen molar-refractivity contribution in [2.45, 2.75) is 26.7 Å². The number of hydrogen-bond acceptors (Lipinski definition) is 7. The first-order valence-electron chi connectivity index (χ1n) is 10.5. The number of carbonyl (C=O) groups is 1. The van der Waals surface area contributed by atoms with Crippen molar-refractivity contribution in [2.24, 2.45) is 0 Å². The fraction of sp³-hybridized carbons (Fsp3) is 0.217. The van der Waals surface area contributed by atoms with Crippen LogP contribution in [-0.4, -0.2) is 33.7 Å². The van der Waals surface area contributed by atoms with Crippen LogP contribution in [0.15, 0.2) is 51.8 Å². The summed E-state index contributed by atoms with van der Waals surface area (Å²) in [6.45, 7) is 3.09. The molecule has 1 amide bonds. The molecule has 35 heavy (non-hydrogen) atoms. The Kier molecular flexibility index (Phi) is 5.43. The highest BCUT2D eigenvalue weighted by Gasteiger charge is 2.43. The van der Waals surface area contributed by atoms with Crippen molar-refractivity contribution >= 4 is 34.2 Å². The number of fused-ring (bicyclic) bond motifs is 2. The summed E-state index contributed by atoms with van der Waals surface area (Å²) in [6, 6.07) is 10.8. The largest absolute Gasteiger partial charge is 0.586 e. The van der Waals surface area contributed by atoms with Gasteiger partial charge in [0.25, 0.3) is 5.56 Å². The van der Waals surface area contributed by atoms with Crippen molar-refractivity contribution < 1.29 is 27.6 Å². The molecule has 0 N–H and O–H groups in total. The van der Waals surface area contributed by atoms with Crippen molar-refractivity contribution in [1.82, 2.24) is 14.9 Å². The van der Waals surface area contributed by atoms with Crippen LogP contribution in [0.5, 0.6) is 11.5 Å². The third kappa shape index (κ3) is 4.08. The molecule has 0 atom stereocenters. The number of aryl methyl sites for hydroxylation is 1. The maximum atomic E-state index is 13.4. The second kappa shape index (κ2) is 8.35. The molecule has 1 aliphatic heterocycles. The van der Waals surface area contributed by atoms with Gasteiger partial charge in [-0.25, -0.2) is 4.68 Å². The second-order valence-electron chi connectivity index (χ2n) is 7.73. The number of likely N-dealkylation sites (N-methyl/N-ethyl adjacent to an activating group) is 1. The molecule has 12 heteroatoms. The summed E-state index contributed by atoms with van der Waals surface area (Å²) in [5.74, 6) is -0.836. The van der Waals surface area contributed by atoms with Crippen LogP contribution in [0.2, 0.25) is 5.02 Å². The third-order valence-electron chi connectivity index (χ3n) is 5.44. The monoisotopic (exact) mass is 502 g/mol. The number of hydrogen-bond donors (Lipinski definition) is 0. The van der Waals surface area contributed by atoms with Gasteiger partial charge in [-0.05, 0) is 38.1 Å². The molecule has 180 valence electrons. The predicted molar refractivity (Wildman–Crippen MR) is 122 cm³/mol. The Balaban J connectivity index is 1.53. The van der Waals surface area contributed by atoms with Gasteiger partial charge in [0, 0.05) is 28.9 Å². The number of aromatic nitrogens is 3. The Morgan fingerprint density at radius 3 is 2.69 bits per heavy atom. The van der Waals surface area contributed by atoms with E-state index in [9.17, 15) is 18.4 Å². The zero-order chi connectivity index (χ0) is 24.9. The van der Waals surface area contributed by atoms with Crippen molar-refractivity contribution in [1.29, 1.82) is 0 Å². The molecule has 0 radical (unpaired) electrons. The van der Waals surface area contributed by atoms with Crippen LogP contribution in [0.1, 0.15) is 12.6 Å². The first-order chi connectivity index (χ1) is 16.7. The van der Waals surface area contributed by atoms with E-state index in [2.05, 4.69) is 19.7 Å². The lowest BCUT2D eigenvalue weighted by Crippen LogP contribution is -2.37. The molecule has 5 rings (SSSR count). The normalized spacial score (nSPS) is 13.9. The predicted octanol–water partition coefficient (Wildman–Crippen LogP) is 4.39. The minimum atomic E-state index is -3.78. The Bertz CT molecular complexity index is 1530. The van der Waals surface area contributed by atoms with Gasteiger partial charge >= 0.3 is 6.29 Å². The van der Waals surface area contributed by atoms with Gasteiger partial charge in [0.05, 0.1) is 5.69 Å². The lowest BCUT2D eigenvalue weighted by molar-refractivity contribution is -0.286. The Morgan fingerprint density at radius 2 is 1.94 bits per heavy atom. The summed E-state index contributed by atoms with van der Waals surface area (Å²) in [6.07, 6.45) is -3.78. The minimum Gasteiger partial charge on any atom is -0.395 e. The maximum Gasteiger partial charge on any atom is 0.586 e. The number of halogens is 3. The molecule has 0 aliphatic carbocycles. The molecule has 0 unspecified atom stereocenters. The van der Waals surface area contributed by atoms with E-state index in [0.29, 0.717) is 27.7 Å². The SMILES string of the molecule is CCN(C(=O)Cn1nc(-c2cccc(Cl)c2)c2onc(C)c2c1=O)c1ccc2c(c1)OC(F)(F)O2. The van der Waals surface area contributed by atoms with Gasteiger partial charge in [-0.2, -0.15) is 5.10 Å². The highest BCUT2D eigenvalue weighted by molar-refractivity contribution is 6.30. The lowest BCUT2D eigenvalue weighted by atomic mass is 10.1. The Morgan fingerprint density at radius 1 is 1.17 bits per heavy atom. The van der Waals surface area contributed by atoms with Gasteiger partial charge in [-0.3, -0.25) is 9.59 Å². The number of amides is 1. The van der Waals surface area contributed by atoms with E-state index in [1.165, 1.54) is 23.1 Å². The number of anilines is 1. The summed E-state index contributed by atoms with van der Waals surface area (Å²) in [4.78, 5) is 27.7. The summed E-state index contributed by atoms with van der Waals surface area (Å²) in [7, 11) is 0. The molecule has 0 saturated carbocycles. The number of benzene rings is 2. The molecular weight excluding hydrogens is 486 g/mol. The molecule has 0 bridgehead atoms. The molecule has 2 aromatic carbocycles. The molecule has 0 saturated heterocycles. The number of nitrogens with zero attached hydrogens (tertiary/aromatic N) is 4. The van der Waals surface area contributed by atoms with E-state index in [4.69, 9.17) is 16.1 Å². The van der Waals surface area contributed by atoms with Gasteiger partial charge in [0.1, 0.15) is 17.6 Å². The lowest BCUT2D eigenvalue weighted by Gasteiger charge is -2.21. The van der Waals surface area contributed by atoms with Crippen molar-refractivity contribution in [3.63, 3.8) is 0 Å². The Labute approximate surface area is 201 Å². The van der Waals surface area contributed by atoms with Gasteiger partial charge in [0.2, 0.25) is 11.5 Å². The van der Waals surface area contributed by atoms with Gasteiger partial charge < -0.3 is 18.9 Å². The smallest absolute Gasteiger partial charge is 0.395 e. The quantitative estimate of drug-likeness (QED) is 0.399. The number of carbonyl (C=O) groups excluding carboxylic acids is 1. The molecule has 9 nitrogen and oxygen atoms in total. The zero-order valence-electron chi connectivity index (χ0n) is 18.4. The summed E-state index contributed by atoms with van der Waals surface area (Å²) in [5, 5.41) is 8.90. The molecular formula is C23H17ClF2N4O5. The fourth-order valence-electron chi connectivity index (χ4n) is 3.88. The average Bonchev–Trinajstić information content (AvgIpc) is 3.34. The number of rotatable bonds is 5. The van der Waals surface area contributed by atoms with E-state index < -0.39 is 24.3 Å². The number of ether oxygens (including phenoxy) is 2. The van der Waals surface area contributed by atoms with Gasteiger partial charge in [-0.15, -0.1) is 8.78 Å². The summed E-state index contributed by atoms with van der Waals surface area (Å²) in [5.41, 5.74) is 1.14. The fourth-order valence-corrected chi connectivity index (χ4v) is 4.07. The van der Waals surface area contributed by atoms with E-state index in [-0.39, 0.29) is 29.0 Å². The number of alkyl halides is 2. The van der Waals surface area contributed by atoms with E-state index in [0.717, 1.165) is 4.68 Å². The molecule has 3 heterocycles. The van der Waals surface area contributed by atoms with Crippen LogP contribution in [0.25, 0.3) is 22.2 Å². The summed E-state index contributed by atoms with van der Waals surface area (Å²) < 4.78 is 42.0. The van der Waals surface area contributed by atoms with Crippen molar-refractivity contribution in [3.05, 3.63) is 63.5 Å². The van der Waals surface area contributed by atoms with E-state index in [1.807, 2.05) is 0 Å². The third-order valence-corrected chi connectivity index (χ3v) is 5.68. The van der Waals surface area contributed by atoms with Crippen LogP contribution in [0, 0.1) is 6.92 Å². The van der Waals surface area contributed by atoms with E-state index >= 15 is 0 Å². The molecule has 4 aromatic rings. The Hall–Kier alpha value is -3.99. The van der Waals surface area contributed by atoms with Crippen LogP contribution in [0.3, 0.4) is 0 Å². The highest BCUT2D eigenvalue weighted by atomic mass is 35.5. The van der Waals surface area contributed by atoms with Crippen LogP contribution in [0.4, 0.5) is 14.5 Å². The molecule has 0 spiro atoms. The van der Waals surface area contributed by atoms with Gasteiger partial charge in [0.15, 0.2) is 11.5 Å². The van der Waals surface area contributed by atoms with Crippen molar-refractivity contribution in [2.75, 3.05) is 11.4 Å². The topological polar surface area (TPSA) is 99.7 Å². The minimum absolute atomic E-state index is 0.139. The zero-order valence-corrected chi connectivity index (χ0v) is 19.2. The standard InChI is InChI=1S/C23H17ClF2N4O5/c1-3-29(15-7-8-16-17(10-15)34-23(25,26)33-16)18(31)11-30-22(32)19-12(2)28-35-21(19)20(27-30)13-5-4-6-14(24)9-13/h4-10H,3,11H2,1-2H3. The molecule has 1 aliphatic rings.